The van der Waals surface area contributed by atoms with Crippen molar-refractivity contribution in [3.05, 3.63) is 212 Å². The van der Waals surface area contributed by atoms with Crippen LogP contribution in [0.5, 0.6) is 0 Å². The van der Waals surface area contributed by atoms with Crippen molar-refractivity contribution < 1.29 is 0 Å². The third kappa shape index (κ3) is 5.91. The average Bonchev–Trinajstić information content (AvgIpc) is 3.72. The molecule has 0 aliphatic heterocycles. The molecule has 0 radical (unpaired) electrons. The molecule has 12 aromatic rings. The first-order valence-electron chi connectivity index (χ1n) is 20.6. The third-order valence-electron chi connectivity index (χ3n) is 12.0. The predicted octanol–water partition coefficient (Wildman–Crippen LogP) is 15.7. The van der Waals surface area contributed by atoms with Gasteiger partial charge in [-0.2, -0.15) is 0 Å². The molecule has 0 fully saturated rings. The van der Waals surface area contributed by atoms with Crippen molar-refractivity contribution in [1.82, 2.24) is 15.0 Å². The van der Waals surface area contributed by atoms with Gasteiger partial charge in [0.1, 0.15) is 0 Å². The van der Waals surface area contributed by atoms with Gasteiger partial charge in [-0.05, 0) is 77.8 Å². The monoisotopic (exact) mass is 793 g/mol. The highest BCUT2D eigenvalue weighted by atomic mass is 32.1. The summed E-state index contributed by atoms with van der Waals surface area (Å²) in [6, 6.07) is 75.9. The van der Waals surface area contributed by atoms with Crippen molar-refractivity contribution in [3.63, 3.8) is 0 Å². The van der Waals surface area contributed by atoms with Crippen molar-refractivity contribution >= 4 is 63.8 Å². The van der Waals surface area contributed by atoms with Crippen LogP contribution in [0.3, 0.4) is 0 Å². The lowest BCUT2D eigenvalue weighted by Crippen LogP contribution is -2.02. The van der Waals surface area contributed by atoms with Gasteiger partial charge in [-0.25, -0.2) is 15.0 Å². The molecule has 0 aliphatic carbocycles. The van der Waals surface area contributed by atoms with Gasteiger partial charge < -0.3 is 0 Å². The second-order valence-electron chi connectivity index (χ2n) is 15.4. The standard InChI is InChI=1S/C57H35N3S/c1-3-16-36(17-4-1)40-34-35-45(44-25-12-11-24-43(40)44)47-32-30-37-18-7-9-22-41(37)52(47)49-33-31-38-19-8-10-23-42(38)53(49)57-59-55(39-20-5-2-6-21-39)58-56(60-57)50-28-15-27-48-46-26-13-14-29-51(46)61-54(48)50/h1-35H. The lowest BCUT2D eigenvalue weighted by Gasteiger charge is -2.20. The molecule has 0 unspecified atom stereocenters. The van der Waals surface area contributed by atoms with Gasteiger partial charge >= 0.3 is 0 Å². The SMILES string of the molecule is c1ccc(-c2nc(-c3c(-c4c(-c5ccc(-c6ccccc6)c6ccccc56)ccc5ccccc45)ccc4ccccc34)nc(-c3cccc4c3sc3ccccc34)n2)cc1. The Bertz CT molecular complexity index is 3650. The molecule has 0 spiro atoms. The molecule has 0 amide bonds. The highest BCUT2D eigenvalue weighted by Gasteiger charge is 2.24. The van der Waals surface area contributed by atoms with Crippen LogP contribution in [0.25, 0.3) is 120 Å². The van der Waals surface area contributed by atoms with E-state index in [0.29, 0.717) is 17.5 Å². The molecule has 0 saturated heterocycles. The topological polar surface area (TPSA) is 38.7 Å². The van der Waals surface area contributed by atoms with Gasteiger partial charge in [0.05, 0.1) is 0 Å². The lowest BCUT2D eigenvalue weighted by molar-refractivity contribution is 1.08. The molecule has 284 valence electrons. The van der Waals surface area contributed by atoms with Crippen LogP contribution >= 0.6 is 11.3 Å². The second kappa shape index (κ2) is 14.5. The first-order valence-corrected chi connectivity index (χ1v) is 21.4. The van der Waals surface area contributed by atoms with E-state index in [9.17, 15) is 0 Å². The number of hydrogen-bond acceptors (Lipinski definition) is 4. The van der Waals surface area contributed by atoms with Crippen LogP contribution in [0.15, 0.2) is 212 Å². The fraction of sp³-hybridized carbons (Fsp3) is 0. The Morgan fingerprint density at radius 2 is 0.770 bits per heavy atom. The van der Waals surface area contributed by atoms with E-state index in [-0.39, 0.29) is 0 Å². The minimum atomic E-state index is 0.636. The molecule has 4 heteroatoms. The third-order valence-corrected chi connectivity index (χ3v) is 13.2. The zero-order valence-electron chi connectivity index (χ0n) is 33.0. The Labute approximate surface area is 356 Å². The van der Waals surface area contributed by atoms with Crippen LogP contribution in [0, 0.1) is 0 Å². The minimum absolute atomic E-state index is 0.636. The van der Waals surface area contributed by atoms with Gasteiger partial charge in [0.15, 0.2) is 17.5 Å². The molecule has 2 heterocycles. The van der Waals surface area contributed by atoms with E-state index < -0.39 is 0 Å². The number of nitrogens with zero attached hydrogens (tertiary/aromatic N) is 3. The summed E-state index contributed by atoms with van der Waals surface area (Å²) in [5.74, 6) is 1.93. The summed E-state index contributed by atoms with van der Waals surface area (Å²) in [6.07, 6.45) is 0. The maximum atomic E-state index is 5.52. The summed E-state index contributed by atoms with van der Waals surface area (Å²) in [6.45, 7) is 0. The Morgan fingerprint density at radius 1 is 0.262 bits per heavy atom. The highest BCUT2D eigenvalue weighted by Crippen LogP contribution is 2.47. The first-order chi connectivity index (χ1) is 30.3. The Hall–Kier alpha value is -7.79. The summed E-state index contributed by atoms with van der Waals surface area (Å²) in [5, 5.41) is 9.41. The van der Waals surface area contributed by atoms with Gasteiger partial charge in [0, 0.05) is 36.9 Å². The van der Waals surface area contributed by atoms with Crippen LogP contribution < -0.4 is 0 Å². The number of hydrogen-bond donors (Lipinski definition) is 0. The van der Waals surface area contributed by atoms with Gasteiger partial charge in [-0.1, -0.05) is 200 Å². The van der Waals surface area contributed by atoms with E-state index >= 15 is 0 Å². The number of benzene rings is 10. The van der Waals surface area contributed by atoms with Gasteiger partial charge in [-0.3, -0.25) is 0 Å². The van der Waals surface area contributed by atoms with Crippen molar-refractivity contribution in [2.45, 2.75) is 0 Å². The van der Waals surface area contributed by atoms with Crippen LogP contribution in [-0.2, 0) is 0 Å². The Morgan fingerprint density at radius 3 is 1.51 bits per heavy atom. The molecule has 0 saturated carbocycles. The van der Waals surface area contributed by atoms with Crippen LogP contribution in [0.1, 0.15) is 0 Å². The molecule has 12 rings (SSSR count). The van der Waals surface area contributed by atoms with Gasteiger partial charge in [0.25, 0.3) is 0 Å². The van der Waals surface area contributed by atoms with E-state index in [1.165, 1.54) is 58.4 Å². The van der Waals surface area contributed by atoms with E-state index in [4.69, 9.17) is 15.0 Å². The largest absolute Gasteiger partial charge is 0.208 e. The second-order valence-corrected chi connectivity index (χ2v) is 16.5. The Kier molecular flexibility index (Phi) is 8.36. The van der Waals surface area contributed by atoms with Crippen molar-refractivity contribution in [3.8, 4) is 67.5 Å². The van der Waals surface area contributed by atoms with E-state index in [1.54, 1.807) is 11.3 Å². The lowest BCUT2D eigenvalue weighted by atomic mass is 9.83. The summed E-state index contributed by atoms with van der Waals surface area (Å²) < 4.78 is 2.41. The highest BCUT2D eigenvalue weighted by molar-refractivity contribution is 7.26. The molecule has 0 N–H and O–H groups in total. The van der Waals surface area contributed by atoms with E-state index in [1.807, 2.05) is 18.2 Å². The molecule has 3 nitrogen and oxygen atoms in total. The summed E-state index contributed by atoms with van der Waals surface area (Å²) in [4.78, 5) is 16.2. The fourth-order valence-corrected chi connectivity index (χ4v) is 10.4. The average molecular weight is 794 g/mol. The van der Waals surface area contributed by atoms with Gasteiger partial charge in [-0.15, -0.1) is 11.3 Å². The smallest absolute Gasteiger partial charge is 0.165 e. The number of fused-ring (bicyclic) bond motifs is 6. The Balaban J connectivity index is 1.17. The van der Waals surface area contributed by atoms with E-state index in [2.05, 4.69) is 194 Å². The maximum absolute atomic E-state index is 5.52. The zero-order valence-corrected chi connectivity index (χ0v) is 33.8. The predicted molar refractivity (Wildman–Crippen MR) is 258 cm³/mol. The summed E-state index contributed by atoms with van der Waals surface area (Å²) >= 11 is 1.79. The van der Waals surface area contributed by atoms with E-state index in [0.717, 1.165) is 44.2 Å². The summed E-state index contributed by atoms with van der Waals surface area (Å²) in [5.41, 5.74) is 9.87. The van der Waals surface area contributed by atoms with Gasteiger partial charge in [0.2, 0.25) is 0 Å². The quantitative estimate of drug-likeness (QED) is 0.168. The first kappa shape index (κ1) is 35.2. The van der Waals surface area contributed by atoms with Crippen molar-refractivity contribution in [1.29, 1.82) is 0 Å². The minimum Gasteiger partial charge on any atom is -0.208 e. The fourth-order valence-electron chi connectivity index (χ4n) is 9.16. The molecule has 0 aliphatic rings. The van der Waals surface area contributed by atoms with Crippen LogP contribution in [0.4, 0.5) is 0 Å². The molecular formula is C57H35N3S. The van der Waals surface area contributed by atoms with Crippen LogP contribution in [-0.4, -0.2) is 15.0 Å². The molecule has 10 aromatic carbocycles. The zero-order chi connectivity index (χ0) is 40.3. The molecule has 0 bridgehead atoms. The molecule has 2 aromatic heterocycles. The van der Waals surface area contributed by atoms with Crippen LogP contribution in [0.2, 0.25) is 0 Å². The molecular weight excluding hydrogens is 759 g/mol. The van der Waals surface area contributed by atoms with Crippen molar-refractivity contribution in [2.75, 3.05) is 0 Å². The summed E-state index contributed by atoms with van der Waals surface area (Å²) in [7, 11) is 0. The number of thiophene rings is 1. The number of rotatable bonds is 6. The maximum Gasteiger partial charge on any atom is 0.165 e. The molecule has 61 heavy (non-hydrogen) atoms. The molecule has 0 atom stereocenters. The normalized spacial score (nSPS) is 11.6. The van der Waals surface area contributed by atoms with Crippen molar-refractivity contribution in [2.24, 2.45) is 0 Å². The number of aromatic nitrogens is 3.